The van der Waals surface area contributed by atoms with Crippen LogP contribution in [-0.4, -0.2) is 26.9 Å². The molecule has 1 unspecified atom stereocenters. The zero-order valence-electron chi connectivity index (χ0n) is 15.0. The van der Waals surface area contributed by atoms with Gasteiger partial charge < -0.3 is 16.8 Å². The Morgan fingerprint density at radius 1 is 1.48 bits per heavy atom. The van der Waals surface area contributed by atoms with E-state index in [-0.39, 0.29) is 38.5 Å². The molecule has 25 heavy (non-hydrogen) atoms. The van der Waals surface area contributed by atoms with Crippen LogP contribution in [0.1, 0.15) is 52.3 Å². The van der Waals surface area contributed by atoms with E-state index in [0.29, 0.717) is 5.92 Å². The molecular formula is C18H25MoN2O4-. The number of aliphatic hydroxyl groups is 1. The predicted octanol–water partition coefficient (Wildman–Crippen LogP) is 1.44. The molecule has 0 aliphatic carbocycles. The maximum atomic E-state index is 12.0. The molecule has 6 nitrogen and oxygen atoms in total. The topological polar surface area (TPSA) is 84.3 Å². The number of hydrogen-bond donors (Lipinski definition) is 2. The van der Waals surface area contributed by atoms with E-state index < -0.39 is 29.7 Å². The van der Waals surface area contributed by atoms with Gasteiger partial charge in [0.05, 0.1) is 6.10 Å². The maximum Gasteiger partial charge on any atom is 0.330 e. The predicted molar refractivity (Wildman–Crippen MR) is 91.3 cm³/mol. The van der Waals surface area contributed by atoms with Crippen LogP contribution in [0.25, 0.3) is 0 Å². The molecule has 2 rings (SSSR count). The Balaban J connectivity index is 0.00000312. The van der Waals surface area contributed by atoms with Gasteiger partial charge >= 0.3 is 5.69 Å². The average molecular weight is 429 g/mol. The molecule has 1 aromatic rings. The van der Waals surface area contributed by atoms with E-state index in [9.17, 15) is 14.7 Å². The number of aromatic amines is 1. The minimum Gasteiger partial charge on any atom is -0.393 e. The molecule has 0 radical (unpaired) electrons. The van der Waals surface area contributed by atoms with Crippen molar-refractivity contribution in [2.45, 2.75) is 59.0 Å². The van der Waals surface area contributed by atoms with Crippen LogP contribution in [-0.2, 0) is 25.8 Å². The van der Waals surface area contributed by atoms with Crippen molar-refractivity contribution < 1.29 is 30.9 Å². The fourth-order valence-electron chi connectivity index (χ4n) is 2.98. The van der Waals surface area contributed by atoms with Gasteiger partial charge in [0.25, 0.3) is 5.56 Å². The summed E-state index contributed by atoms with van der Waals surface area (Å²) >= 11 is 0. The van der Waals surface area contributed by atoms with E-state index in [1.165, 1.54) is 10.8 Å². The maximum absolute atomic E-state index is 12.0. The first-order valence-electron chi connectivity index (χ1n) is 8.14. The summed E-state index contributed by atoms with van der Waals surface area (Å²) in [5.41, 5.74) is -1.13. The second kappa shape index (κ2) is 8.49. The Hall–Kier alpha value is -1.15. The molecule has 1 aromatic heterocycles. The molecule has 3 atom stereocenters. The van der Waals surface area contributed by atoms with Gasteiger partial charge in [0, 0.05) is 39.1 Å². The van der Waals surface area contributed by atoms with Crippen molar-refractivity contribution in [3.63, 3.8) is 0 Å². The van der Waals surface area contributed by atoms with Gasteiger partial charge in [-0.15, -0.1) is 0 Å². The number of nitrogens with zero attached hydrogens (tertiary/aromatic N) is 1. The summed E-state index contributed by atoms with van der Waals surface area (Å²) < 4.78 is 6.72. The molecule has 1 saturated heterocycles. The molecule has 0 saturated carbocycles. The molecule has 0 bridgehead atoms. The third kappa shape index (κ3) is 5.67. The average Bonchev–Trinajstić information content (AvgIpc) is 2.76. The van der Waals surface area contributed by atoms with Crippen molar-refractivity contribution >= 4 is 0 Å². The van der Waals surface area contributed by atoms with Gasteiger partial charge in [-0.2, -0.15) is 0 Å². The molecule has 0 amide bonds. The first-order chi connectivity index (χ1) is 11.1. The van der Waals surface area contributed by atoms with Gasteiger partial charge in [-0.1, -0.05) is 25.7 Å². The van der Waals surface area contributed by atoms with Crippen molar-refractivity contribution in [3.8, 4) is 11.8 Å². The van der Waals surface area contributed by atoms with Crippen molar-refractivity contribution in [1.82, 2.24) is 9.55 Å². The number of aromatic nitrogens is 2. The van der Waals surface area contributed by atoms with Crippen LogP contribution in [0.3, 0.4) is 0 Å². The summed E-state index contributed by atoms with van der Waals surface area (Å²) in [5, 5.41) is 9.74. The fraction of sp³-hybridized carbons (Fsp3) is 0.611. The fourth-order valence-corrected chi connectivity index (χ4v) is 2.98. The van der Waals surface area contributed by atoms with E-state index in [0.717, 1.165) is 6.42 Å². The molecular weight excluding hydrogens is 404 g/mol. The quantitative estimate of drug-likeness (QED) is 0.433. The molecule has 0 spiro atoms. The van der Waals surface area contributed by atoms with Crippen LogP contribution in [0.5, 0.6) is 0 Å². The molecule has 7 heteroatoms. The summed E-state index contributed by atoms with van der Waals surface area (Å²) in [4.78, 5) is 26.3. The van der Waals surface area contributed by atoms with Gasteiger partial charge in [0.15, 0.2) is 0 Å². The smallest absolute Gasteiger partial charge is 0.330 e. The third-order valence-corrected chi connectivity index (χ3v) is 3.94. The standard InChI is InChI=1S/C18H25N2O4.Mo/c1-11(2)9-18(4,5)7-6-13-10-20(17(23)19-16(13)22)15-8-14(21)12(3)24-15;/h10-12,14-15,21H,3,8-9H2,1-2,4-5H3,(H,19,22,23);/q-1;/t12-,14?,15-;/m1./s1. The third-order valence-electron chi connectivity index (χ3n) is 3.94. The van der Waals surface area contributed by atoms with Crippen molar-refractivity contribution in [3.05, 3.63) is 39.5 Å². The minimum absolute atomic E-state index is 0. The second-order valence-corrected chi connectivity index (χ2v) is 7.37. The Kier molecular flexibility index (Phi) is 7.43. The molecule has 1 fully saturated rings. The minimum atomic E-state index is -0.742. The summed E-state index contributed by atoms with van der Waals surface area (Å²) in [6.45, 7) is 12.0. The van der Waals surface area contributed by atoms with E-state index in [1.807, 2.05) is 13.8 Å². The molecule has 1 aliphatic rings. The molecule has 1 aliphatic heterocycles. The van der Waals surface area contributed by atoms with E-state index in [4.69, 9.17) is 4.74 Å². The Labute approximate surface area is 162 Å². The van der Waals surface area contributed by atoms with Crippen LogP contribution < -0.4 is 11.2 Å². The van der Waals surface area contributed by atoms with Crippen LogP contribution in [0.4, 0.5) is 0 Å². The molecule has 0 aromatic carbocycles. The number of ether oxygens (including phenoxy) is 1. The monoisotopic (exact) mass is 431 g/mol. The summed E-state index contributed by atoms with van der Waals surface area (Å²) in [6, 6.07) is 0. The normalized spacial score (nSPS) is 23.1. The van der Waals surface area contributed by atoms with E-state index in [1.54, 1.807) is 0 Å². The van der Waals surface area contributed by atoms with Crippen molar-refractivity contribution in [2.75, 3.05) is 0 Å². The van der Waals surface area contributed by atoms with Gasteiger partial charge in [-0.3, -0.25) is 14.3 Å². The first kappa shape index (κ1) is 21.9. The molecule has 2 heterocycles. The number of hydrogen-bond acceptors (Lipinski definition) is 4. The summed E-state index contributed by atoms with van der Waals surface area (Å²) in [6.07, 6.45) is 0.539. The number of aliphatic hydroxyl groups excluding tert-OH is 1. The van der Waals surface area contributed by atoms with Crippen molar-refractivity contribution in [1.29, 1.82) is 0 Å². The largest absolute Gasteiger partial charge is 0.393 e. The summed E-state index contributed by atoms with van der Waals surface area (Å²) in [7, 11) is 0. The molecule has 138 valence electrons. The van der Waals surface area contributed by atoms with Crippen LogP contribution >= 0.6 is 0 Å². The Morgan fingerprint density at radius 2 is 2.12 bits per heavy atom. The number of rotatable bonds is 3. The number of nitrogens with one attached hydrogen (secondary N) is 1. The number of H-pyrrole nitrogens is 1. The van der Waals surface area contributed by atoms with Crippen LogP contribution in [0, 0.1) is 30.1 Å². The zero-order chi connectivity index (χ0) is 18.1. The SMILES string of the molecule is [CH2-][C@H]1O[C@@H](n2cc(C#CC(C)(C)CC(C)C)c(=O)[nH]c2=O)CC1O.[Mo]. The first-order valence-corrected chi connectivity index (χ1v) is 8.14. The van der Waals surface area contributed by atoms with E-state index in [2.05, 4.69) is 37.6 Å². The van der Waals surface area contributed by atoms with Gasteiger partial charge in [-0.25, -0.2) is 4.79 Å². The van der Waals surface area contributed by atoms with E-state index >= 15 is 0 Å². The Morgan fingerprint density at radius 3 is 2.64 bits per heavy atom. The van der Waals surface area contributed by atoms with Gasteiger partial charge in [0.1, 0.15) is 11.8 Å². The van der Waals surface area contributed by atoms with Gasteiger partial charge in [0.2, 0.25) is 0 Å². The Bertz CT molecular complexity index is 760. The van der Waals surface area contributed by atoms with Crippen LogP contribution in [0.2, 0.25) is 0 Å². The summed E-state index contributed by atoms with van der Waals surface area (Å²) in [5.74, 6) is 6.49. The zero-order valence-corrected chi connectivity index (χ0v) is 17.0. The van der Waals surface area contributed by atoms with Crippen LogP contribution in [0.15, 0.2) is 15.8 Å². The van der Waals surface area contributed by atoms with Crippen molar-refractivity contribution in [2.24, 2.45) is 11.3 Å². The second-order valence-electron chi connectivity index (χ2n) is 7.37. The molecule has 2 N–H and O–H groups in total. The van der Waals surface area contributed by atoms with Gasteiger partial charge in [-0.05, 0) is 32.3 Å².